The van der Waals surface area contributed by atoms with E-state index in [1.54, 1.807) is 27.7 Å². The molecule has 2 aliphatic rings. The molecule has 2 N–H and O–H groups in total. The van der Waals surface area contributed by atoms with Crippen LogP contribution in [-0.4, -0.2) is 50.9 Å². The minimum absolute atomic E-state index is 0.0824. The minimum Gasteiger partial charge on any atom is -0.457 e. The number of ketones is 1. The maximum Gasteiger partial charge on any atom is 0.309 e. The van der Waals surface area contributed by atoms with Gasteiger partial charge in [0.1, 0.15) is 17.4 Å². The van der Waals surface area contributed by atoms with Gasteiger partial charge < -0.3 is 24.1 Å². The second kappa shape index (κ2) is 9.88. The molecule has 0 saturated carbocycles. The lowest BCUT2D eigenvalue weighted by Gasteiger charge is -2.34. The Balaban J connectivity index is 1.61. The summed E-state index contributed by atoms with van der Waals surface area (Å²) < 4.78 is 17.6. The Kier molecular flexibility index (Phi) is 7.34. The molecule has 1 aromatic carbocycles. The monoisotopic (exact) mass is 501 g/mol. The number of cyclic esters (lactones) is 1. The number of fused-ring (bicyclic) bond motifs is 2. The lowest BCUT2D eigenvalue weighted by Crippen LogP contribution is -2.45. The highest BCUT2D eigenvalue weighted by Crippen LogP contribution is 2.46. The van der Waals surface area contributed by atoms with Crippen molar-refractivity contribution in [3.05, 3.63) is 29.7 Å². The first-order valence-electron chi connectivity index (χ1n) is 13.0. The molecule has 7 atom stereocenters. The van der Waals surface area contributed by atoms with Crippen molar-refractivity contribution < 1.29 is 33.7 Å². The van der Waals surface area contributed by atoms with Crippen LogP contribution in [0.2, 0.25) is 0 Å². The third-order valence-electron chi connectivity index (χ3n) is 8.30. The molecule has 3 heterocycles. The van der Waals surface area contributed by atoms with Gasteiger partial charge in [0.05, 0.1) is 35.7 Å². The lowest BCUT2D eigenvalue weighted by atomic mass is 9.73. The maximum atomic E-state index is 13.2. The van der Waals surface area contributed by atoms with Crippen LogP contribution in [-0.2, 0) is 19.1 Å². The van der Waals surface area contributed by atoms with Crippen molar-refractivity contribution in [1.82, 2.24) is 4.98 Å². The van der Waals surface area contributed by atoms with Gasteiger partial charge in [0.2, 0.25) is 0 Å². The summed E-state index contributed by atoms with van der Waals surface area (Å²) in [6.07, 6.45) is -0.208. The number of carbonyl (C=O) groups is 2. The molecule has 0 amide bonds. The van der Waals surface area contributed by atoms with E-state index in [4.69, 9.17) is 13.9 Å². The zero-order chi connectivity index (χ0) is 26.4. The Bertz CT molecular complexity index is 1120. The highest BCUT2D eigenvalue weighted by molar-refractivity contribution is 5.88. The molecule has 0 bridgehead atoms. The van der Waals surface area contributed by atoms with Crippen LogP contribution >= 0.6 is 0 Å². The van der Waals surface area contributed by atoms with Gasteiger partial charge in [-0.05, 0) is 43.4 Å². The quantitative estimate of drug-likeness (QED) is 0.435. The van der Waals surface area contributed by atoms with Gasteiger partial charge in [-0.2, -0.15) is 0 Å². The average Bonchev–Trinajstić information content (AvgIpc) is 3.28. The van der Waals surface area contributed by atoms with E-state index in [0.29, 0.717) is 23.4 Å². The number of aryl methyl sites for hydroxylation is 1. The Labute approximate surface area is 212 Å². The zero-order valence-corrected chi connectivity index (χ0v) is 22.1. The fourth-order valence-corrected chi connectivity index (χ4v) is 5.48. The number of oxazole rings is 1. The summed E-state index contributed by atoms with van der Waals surface area (Å²) in [6.45, 7) is 10.7. The normalized spacial score (nSPS) is 36.3. The van der Waals surface area contributed by atoms with Crippen molar-refractivity contribution in [2.24, 2.45) is 17.3 Å². The predicted octanol–water partition coefficient (Wildman–Crippen LogP) is 4.43. The van der Waals surface area contributed by atoms with Crippen LogP contribution in [0.3, 0.4) is 0 Å². The number of ether oxygens (including phenoxy) is 2. The van der Waals surface area contributed by atoms with Gasteiger partial charge in [0.15, 0.2) is 11.5 Å². The summed E-state index contributed by atoms with van der Waals surface area (Å²) in [4.78, 5) is 30.7. The highest BCUT2D eigenvalue weighted by atomic mass is 16.6. The Morgan fingerprint density at radius 1 is 1.11 bits per heavy atom. The lowest BCUT2D eigenvalue weighted by molar-refractivity contribution is -0.156. The van der Waals surface area contributed by atoms with E-state index in [0.717, 1.165) is 24.8 Å². The zero-order valence-electron chi connectivity index (χ0n) is 22.1. The van der Waals surface area contributed by atoms with E-state index in [9.17, 15) is 19.8 Å². The number of carbonyl (C=O) groups excluding carboxylic acids is 2. The van der Waals surface area contributed by atoms with Crippen LogP contribution in [0.15, 0.2) is 22.6 Å². The fourth-order valence-electron chi connectivity index (χ4n) is 5.48. The van der Waals surface area contributed by atoms with Crippen molar-refractivity contribution in [1.29, 1.82) is 0 Å². The fraction of sp³-hybridized carbons (Fsp3) is 0.679. The average molecular weight is 502 g/mol. The van der Waals surface area contributed by atoms with Crippen LogP contribution in [0.1, 0.15) is 84.3 Å². The molecule has 1 aromatic heterocycles. The summed E-state index contributed by atoms with van der Waals surface area (Å²) in [5.74, 6) is -1.06. The number of rotatable bonds is 1. The van der Waals surface area contributed by atoms with E-state index in [1.165, 1.54) is 0 Å². The molecule has 3 unspecified atom stereocenters. The molecule has 2 aliphatic heterocycles. The molecular weight excluding hydrogens is 462 g/mol. The second-order valence-corrected chi connectivity index (χ2v) is 11.5. The van der Waals surface area contributed by atoms with Crippen molar-refractivity contribution >= 4 is 22.9 Å². The van der Waals surface area contributed by atoms with Crippen molar-refractivity contribution in [3.8, 4) is 0 Å². The van der Waals surface area contributed by atoms with Crippen molar-refractivity contribution in [2.75, 3.05) is 0 Å². The summed E-state index contributed by atoms with van der Waals surface area (Å²) in [6, 6.07) is 5.53. The first-order valence-corrected chi connectivity index (χ1v) is 13.0. The molecule has 0 spiro atoms. The highest BCUT2D eigenvalue weighted by Gasteiger charge is 2.53. The molecule has 36 heavy (non-hydrogen) atoms. The number of hydrogen-bond acceptors (Lipinski definition) is 8. The van der Waals surface area contributed by atoms with E-state index in [2.05, 4.69) is 11.9 Å². The van der Waals surface area contributed by atoms with Gasteiger partial charge in [-0.25, -0.2) is 4.98 Å². The van der Waals surface area contributed by atoms with Crippen LogP contribution < -0.4 is 0 Å². The molecular formula is C28H39NO7. The number of Topliss-reactive ketones (excluding diaryl/α,β-unsaturated/α-hetero) is 1. The number of esters is 1. The SMILES string of the molecule is Cc1nc2cc([C@@H]3C[C@@H]4O[C@]4(C)CCCC(C)[C@H](O)C(C)C(=O)C(C)(C)C(O)CC(=O)O3)ccc2o1. The summed E-state index contributed by atoms with van der Waals surface area (Å²) in [5, 5.41) is 21.7. The molecule has 2 aromatic rings. The smallest absolute Gasteiger partial charge is 0.309 e. The van der Waals surface area contributed by atoms with E-state index in [1.807, 2.05) is 25.1 Å². The summed E-state index contributed by atoms with van der Waals surface area (Å²) in [5.41, 5.74) is 0.564. The first kappa shape index (κ1) is 26.8. The van der Waals surface area contributed by atoms with Crippen LogP contribution in [0.5, 0.6) is 0 Å². The number of benzene rings is 1. The standard InChI is InChI=1S/C28H39NO7/c1-15-8-7-11-28(6)23(36-28)13-21(18-9-10-20-19(12-18)29-17(3)34-20)35-24(31)14-22(30)27(4,5)26(33)16(2)25(15)32/h9-10,12,15-16,21-23,25,30,32H,7-8,11,13-14H2,1-6H3/t15?,16?,21-,22?,23-,25-,28+/m0/s1. The molecule has 0 aliphatic carbocycles. The molecule has 2 saturated heterocycles. The van der Waals surface area contributed by atoms with Crippen LogP contribution in [0.25, 0.3) is 11.1 Å². The number of hydrogen-bond donors (Lipinski definition) is 2. The third kappa shape index (κ3) is 5.36. The van der Waals surface area contributed by atoms with Gasteiger partial charge in [0, 0.05) is 19.3 Å². The molecule has 8 nitrogen and oxygen atoms in total. The predicted molar refractivity (Wildman–Crippen MR) is 133 cm³/mol. The largest absolute Gasteiger partial charge is 0.457 e. The number of epoxide rings is 1. The Morgan fingerprint density at radius 2 is 1.83 bits per heavy atom. The van der Waals surface area contributed by atoms with Gasteiger partial charge in [0.25, 0.3) is 0 Å². The topological polar surface area (TPSA) is 122 Å². The van der Waals surface area contributed by atoms with Crippen LogP contribution in [0, 0.1) is 24.2 Å². The summed E-state index contributed by atoms with van der Waals surface area (Å²) in [7, 11) is 0. The van der Waals surface area contributed by atoms with E-state index >= 15 is 0 Å². The number of aliphatic hydroxyl groups is 2. The molecule has 0 radical (unpaired) electrons. The van der Waals surface area contributed by atoms with Crippen LogP contribution in [0.4, 0.5) is 0 Å². The van der Waals surface area contributed by atoms with Gasteiger partial charge >= 0.3 is 5.97 Å². The van der Waals surface area contributed by atoms with Crippen molar-refractivity contribution in [2.45, 2.75) is 104 Å². The van der Waals surface area contributed by atoms with Crippen molar-refractivity contribution in [3.63, 3.8) is 0 Å². The second-order valence-electron chi connectivity index (χ2n) is 11.5. The Morgan fingerprint density at radius 3 is 2.56 bits per heavy atom. The molecule has 4 rings (SSSR count). The maximum absolute atomic E-state index is 13.2. The molecule has 2 fully saturated rings. The van der Waals surface area contributed by atoms with Gasteiger partial charge in [-0.1, -0.05) is 40.2 Å². The number of nitrogens with zero attached hydrogens (tertiary/aromatic N) is 1. The minimum atomic E-state index is -1.25. The van der Waals surface area contributed by atoms with E-state index < -0.39 is 35.6 Å². The third-order valence-corrected chi connectivity index (χ3v) is 8.30. The van der Waals surface area contributed by atoms with E-state index in [-0.39, 0.29) is 29.8 Å². The molecule has 8 heteroatoms. The van der Waals surface area contributed by atoms with Gasteiger partial charge in [-0.15, -0.1) is 0 Å². The Hall–Kier alpha value is -2.29. The van der Waals surface area contributed by atoms with Gasteiger partial charge in [-0.3, -0.25) is 9.59 Å². The first-order chi connectivity index (χ1) is 16.8. The number of aliphatic hydroxyl groups excluding tert-OH is 2. The summed E-state index contributed by atoms with van der Waals surface area (Å²) >= 11 is 0. The number of aromatic nitrogens is 1. The molecule has 198 valence electrons.